The first-order valence-electron chi connectivity index (χ1n) is 15.0. The molecular formula is C33H37BrN4O8. The van der Waals surface area contributed by atoms with E-state index in [9.17, 15) is 14.4 Å². The zero-order valence-corrected chi connectivity index (χ0v) is 28.3. The Morgan fingerprint density at radius 3 is 2.28 bits per heavy atom. The van der Waals surface area contributed by atoms with Gasteiger partial charge >= 0.3 is 11.9 Å². The average Bonchev–Trinajstić information content (AvgIpc) is 3.76. The molecule has 2 aromatic carbocycles. The number of ether oxygens (including phenoxy) is 5. The number of methoxy groups -OCH3 is 4. The molecule has 1 amide bonds. The predicted molar refractivity (Wildman–Crippen MR) is 176 cm³/mol. The number of nitrogens with one attached hydrogen (secondary N) is 2. The number of alkyl halides is 1. The normalized spacial score (nSPS) is 16.9. The molecule has 46 heavy (non-hydrogen) atoms. The zero-order valence-electron chi connectivity index (χ0n) is 26.7. The molecule has 4 heterocycles. The Morgan fingerprint density at radius 2 is 1.65 bits per heavy atom. The molecule has 244 valence electrons. The fraction of sp³-hybridized carbons (Fsp3) is 0.424. The molecule has 13 heteroatoms. The van der Waals surface area contributed by atoms with Crippen LogP contribution in [0, 0.1) is 12.8 Å². The van der Waals surface area contributed by atoms with E-state index >= 15 is 0 Å². The largest absolute Gasteiger partial charge is 0.493 e. The number of amides is 1. The van der Waals surface area contributed by atoms with Gasteiger partial charge in [0.25, 0.3) is 5.91 Å². The Labute approximate surface area is 274 Å². The molecule has 1 saturated heterocycles. The van der Waals surface area contributed by atoms with Crippen LogP contribution in [0.25, 0.3) is 21.8 Å². The van der Waals surface area contributed by atoms with Crippen molar-refractivity contribution >= 4 is 61.3 Å². The van der Waals surface area contributed by atoms with E-state index in [4.69, 9.17) is 23.7 Å². The molecule has 12 nitrogen and oxygen atoms in total. The van der Waals surface area contributed by atoms with Gasteiger partial charge in [-0.05, 0) is 57.6 Å². The zero-order chi connectivity index (χ0) is 32.9. The van der Waals surface area contributed by atoms with Gasteiger partial charge in [-0.2, -0.15) is 0 Å². The number of carbonyl (C=O) groups is 3. The molecule has 4 aromatic rings. The molecule has 2 N–H and O–H groups in total. The van der Waals surface area contributed by atoms with Gasteiger partial charge in [0.15, 0.2) is 17.2 Å². The van der Waals surface area contributed by atoms with Gasteiger partial charge in [0, 0.05) is 40.3 Å². The fourth-order valence-corrected chi connectivity index (χ4v) is 7.25. The third-order valence-electron chi connectivity index (χ3n) is 9.08. The number of halogens is 1. The van der Waals surface area contributed by atoms with Crippen LogP contribution in [0.15, 0.2) is 18.2 Å². The monoisotopic (exact) mass is 696 g/mol. The van der Waals surface area contributed by atoms with Gasteiger partial charge in [-0.3, -0.25) is 9.59 Å². The molecule has 2 aliphatic heterocycles. The second kappa shape index (κ2) is 12.5. The number of H-pyrrole nitrogens is 2. The third-order valence-corrected chi connectivity index (χ3v) is 9.86. The van der Waals surface area contributed by atoms with Crippen LogP contribution in [-0.2, 0) is 9.53 Å². The average molecular weight is 698 g/mol. The summed E-state index contributed by atoms with van der Waals surface area (Å²) in [5, 5.41) is 1.81. The predicted octanol–water partition coefficient (Wildman–Crippen LogP) is 5.16. The van der Waals surface area contributed by atoms with Gasteiger partial charge in [0.05, 0.1) is 56.6 Å². The maximum atomic E-state index is 14.3. The molecule has 6 rings (SSSR count). The number of benzene rings is 2. The molecule has 0 aliphatic carbocycles. The highest BCUT2D eigenvalue weighted by Crippen LogP contribution is 2.49. The van der Waals surface area contributed by atoms with E-state index in [0.717, 1.165) is 18.7 Å². The van der Waals surface area contributed by atoms with Crippen molar-refractivity contribution < 1.29 is 38.1 Å². The molecule has 1 unspecified atom stereocenters. The highest BCUT2D eigenvalue weighted by atomic mass is 79.9. The van der Waals surface area contributed by atoms with Crippen LogP contribution in [0.2, 0.25) is 0 Å². The minimum absolute atomic E-state index is 0.169. The smallest absolute Gasteiger partial charge is 0.340 e. The molecule has 2 aliphatic rings. The number of fused-ring (bicyclic) bond motifs is 4. The quantitative estimate of drug-likeness (QED) is 0.146. The summed E-state index contributed by atoms with van der Waals surface area (Å²) in [6, 6.07) is 5.25. The maximum Gasteiger partial charge on any atom is 0.340 e. The van der Waals surface area contributed by atoms with Crippen LogP contribution in [0.5, 0.6) is 23.0 Å². The summed E-state index contributed by atoms with van der Waals surface area (Å²) < 4.78 is 28.0. The number of rotatable bonds is 8. The lowest BCUT2D eigenvalue weighted by Crippen LogP contribution is -2.35. The summed E-state index contributed by atoms with van der Waals surface area (Å²) in [7, 11) is 7.94. The van der Waals surface area contributed by atoms with Crippen molar-refractivity contribution in [1.29, 1.82) is 0 Å². The number of anilines is 1. The van der Waals surface area contributed by atoms with Crippen molar-refractivity contribution in [3.8, 4) is 23.0 Å². The van der Waals surface area contributed by atoms with E-state index in [1.807, 2.05) is 7.05 Å². The number of esters is 2. The first-order valence-corrected chi connectivity index (χ1v) is 16.1. The number of aryl methyl sites for hydroxylation is 1. The van der Waals surface area contributed by atoms with Crippen LogP contribution >= 0.6 is 15.9 Å². The van der Waals surface area contributed by atoms with Crippen molar-refractivity contribution in [2.24, 2.45) is 5.92 Å². The molecule has 0 bridgehead atoms. The Hall–Kier alpha value is -4.23. The molecule has 1 fully saturated rings. The van der Waals surface area contributed by atoms with E-state index in [2.05, 4.69) is 30.8 Å². The van der Waals surface area contributed by atoms with Crippen LogP contribution in [-0.4, -0.2) is 93.2 Å². The Balaban J connectivity index is 1.49. The molecule has 1 atom stereocenters. The lowest BCUT2D eigenvalue weighted by atomic mass is 9.95. The second-order valence-electron chi connectivity index (χ2n) is 11.7. The molecular weight excluding hydrogens is 660 g/mol. The lowest BCUT2D eigenvalue weighted by molar-refractivity contribution is -0.140. The summed E-state index contributed by atoms with van der Waals surface area (Å²) in [5.74, 6) is -0.0407. The van der Waals surface area contributed by atoms with Crippen LogP contribution in [0.1, 0.15) is 50.9 Å². The summed E-state index contributed by atoms with van der Waals surface area (Å²) in [4.78, 5) is 51.3. The van der Waals surface area contributed by atoms with Crippen molar-refractivity contribution in [2.75, 3.05) is 65.4 Å². The minimum Gasteiger partial charge on any atom is -0.493 e. The number of carbonyl (C=O) groups excluding carboxylic acids is 3. The Morgan fingerprint density at radius 1 is 0.935 bits per heavy atom. The van der Waals surface area contributed by atoms with Crippen LogP contribution < -0.4 is 23.8 Å². The first-order chi connectivity index (χ1) is 22.1. The van der Waals surface area contributed by atoms with Crippen molar-refractivity contribution in [2.45, 2.75) is 25.7 Å². The molecule has 2 aromatic heterocycles. The maximum absolute atomic E-state index is 14.3. The van der Waals surface area contributed by atoms with Crippen LogP contribution in [0.3, 0.4) is 0 Å². The number of hydrogen-bond acceptors (Lipinski definition) is 9. The standard InChI is InChI=1S/C33H37BrN4O8/c1-16-24(33(41)45-6)26-25-19(14-34)15-38(21(25)13-22(28(26)35-16)46-32(40)17-7-9-37(2)10-8-17)31(39)20-11-18-12-23(42-3)29(43-4)30(44-5)27(18)36-20/h11-13,17,19,35-36H,7-10,14-15H2,1-6H3. The number of aromatic nitrogens is 2. The van der Waals surface area contributed by atoms with Gasteiger partial charge in [-0.1, -0.05) is 15.9 Å². The highest BCUT2D eigenvalue weighted by Gasteiger charge is 2.39. The van der Waals surface area contributed by atoms with Crippen molar-refractivity contribution in [1.82, 2.24) is 14.9 Å². The number of hydrogen-bond donors (Lipinski definition) is 2. The lowest BCUT2D eigenvalue weighted by Gasteiger charge is -2.27. The summed E-state index contributed by atoms with van der Waals surface area (Å²) >= 11 is 3.64. The van der Waals surface area contributed by atoms with Crippen molar-refractivity contribution in [3.05, 3.63) is 40.7 Å². The summed E-state index contributed by atoms with van der Waals surface area (Å²) in [5.41, 5.74) is 3.69. The Kier molecular flexibility index (Phi) is 8.64. The SMILES string of the molecule is COC(=O)c1c(C)[nH]c2c(OC(=O)C3CCN(C)CC3)cc3c(c12)C(CBr)CN3C(=O)c1cc2cc(OC)c(OC)c(OC)c2[nH]1. The van der Waals surface area contributed by atoms with Gasteiger partial charge in [0.1, 0.15) is 5.69 Å². The molecule has 0 radical (unpaired) electrons. The van der Waals surface area contributed by atoms with Crippen molar-refractivity contribution in [3.63, 3.8) is 0 Å². The number of piperidine rings is 1. The number of aromatic amines is 2. The topological polar surface area (TPSA) is 135 Å². The molecule has 0 saturated carbocycles. The Bertz CT molecular complexity index is 1860. The van der Waals surface area contributed by atoms with Gasteiger partial charge in [0.2, 0.25) is 5.75 Å². The summed E-state index contributed by atoms with van der Waals surface area (Å²) in [6.45, 7) is 3.71. The second-order valence-corrected chi connectivity index (χ2v) is 12.4. The number of likely N-dealkylation sites (tertiary alicyclic amines) is 1. The summed E-state index contributed by atoms with van der Waals surface area (Å²) in [6.07, 6.45) is 1.38. The van der Waals surface area contributed by atoms with E-state index in [-0.39, 0.29) is 29.5 Å². The van der Waals surface area contributed by atoms with E-state index < -0.39 is 5.97 Å². The minimum atomic E-state index is -0.520. The van der Waals surface area contributed by atoms with Crippen LogP contribution in [0.4, 0.5) is 5.69 Å². The van der Waals surface area contributed by atoms with Gasteiger partial charge in [-0.25, -0.2) is 4.79 Å². The fourth-order valence-electron chi connectivity index (χ4n) is 6.72. The van der Waals surface area contributed by atoms with E-state index in [1.54, 1.807) is 30.0 Å². The first kappa shape index (κ1) is 31.7. The van der Waals surface area contributed by atoms with Gasteiger partial charge in [-0.15, -0.1) is 0 Å². The van der Waals surface area contributed by atoms with Gasteiger partial charge < -0.3 is 43.5 Å². The van der Waals surface area contributed by atoms with E-state index in [0.29, 0.717) is 86.4 Å². The highest BCUT2D eigenvalue weighted by molar-refractivity contribution is 9.09. The molecule has 0 spiro atoms. The number of nitrogens with zero attached hydrogens (tertiary/aromatic N) is 2. The third kappa shape index (κ3) is 5.15. The van der Waals surface area contributed by atoms with E-state index in [1.165, 1.54) is 28.4 Å².